The highest BCUT2D eigenvalue weighted by atomic mass is 79.9. The van der Waals surface area contributed by atoms with E-state index in [1.54, 1.807) is 11.3 Å². The quantitative estimate of drug-likeness (QED) is 0.826. The molecule has 1 aromatic rings. The third-order valence-corrected chi connectivity index (χ3v) is 4.69. The molecule has 2 nitrogen and oxygen atoms in total. The van der Waals surface area contributed by atoms with Crippen molar-refractivity contribution in [3.05, 3.63) is 20.8 Å². The van der Waals surface area contributed by atoms with Gasteiger partial charge in [0.1, 0.15) is 5.60 Å². The number of aliphatic hydroxyl groups is 1. The zero-order chi connectivity index (χ0) is 10.2. The van der Waals surface area contributed by atoms with Crippen molar-refractivity contribution < 1.29 is 5.11 Å². The fourth-order valence-electron chi connectivity index (χ4n) is 2.02. The Morgan fingerprint density at radius 1 is 1.64 bits per heavy atom. The van der Waals surface area contributed by atoms with Crippen molar-refractivity contribution >= 4 is 27.3 Å². The summed E-state index contributed by atoms with van der Waals surface area (Å²) in [7, 11) is 0. The van der Waals surface area contributed by atoms with Crippen molar-refractivity contribution in [2.45, 2.75) is 31.4 Å². The summed E-state index contributed by atoms with van der Waals surface area (Å²) in [6.07, 6.45) is 1.87. The Kier molecular flexibility index (Phi) is 2.98. The van der Waals surface area contributed by atoms with E-state index in [2.05, 4.69) is 21.2 Å². The molecule has 1 saturated heterocycles. The molecule has 1 aromatic heterocycles. The monoisotopic (exact) mass is 275 g/mol. The number of nitrogens with one attached hydrogen (secondary N) is 1. The lowest BCUT2D eigenvalue weighted by molar-refractivity contribution is -0.0228. The van der Waals surface area contributed by atoms with Gasteiger partial charge in [0.15, 0.2) is 0 Å². The van der Waals surface area contributed by atoms with Gasteiger partial charge in [0.25, 0.3) is 0 Å². The molecular formula is C10H14BrNOS. The summed E-state index contributed by atoms with van der Waals surface area (Å²) in [5, 5.41) is 18.0. The molecule has 4 heteroatoms. The van der Waals surface area contributed by atoms with E-state index in [0.717, 1.165) is 29.4 Å². The topological polar surface area (TPSA) is 32.3 Å². The molecule has 0 radical (unpaired) electrons. The molecule has 0 bridgehead atoms. The Hall–Kier alpha value is 0.100. The van der Waals surface area contributed by atoms with Gasteiger partial charge in [0, 0.05) is 21.5 Å². The minimum absolute atomic E-state index is 0.127. The zero-order valence-corrected chi connectivity index (χ0v) is 10.5. The molecule has 1 fully saturated rings. The van der Waals surface area contributed by atoms with Gasteiger partial charge < -0.3 is 10.4 Å². The number of piperidine rings is 1. The minimum Gasteiger partial charge on any atom is -0.383 e. The average molecular weight is 276 g/mol. The fraction of sp³-hybridized carbons (Fsp3) is 0.600. The summed E-state index contributed by atoms with van der Waals surface area (Å²) in [5.74, 6) is 0. The first-order valence-corrected chi connectivity index (χ1v) is 6.56. The van der Waals surface area contributed by atoms with Crippen LogP contribution in [0.15, 0.2) is 15.2 Å². The van der Waals surface area contributed by atoms with E-state index < -0.39 is 5.60 Å². The van der Waals surface area contributed by atoms with Gasteiger partial charge >= 0.3 is 0 Å². The van der Waals surface area contributed by atoms with Crippen molar-refractivity contribution in [1.82, 2.24) is 5.32 Å². The van der Waals surface area contributed by atoms with E-state index in [4.69, 9.17) is 0 Å². The van der Waals surface area contributed by atoms with Crippen molar-refractivity contribution in [2.24, 2.45) is 0 Å². The Labute approximate surface area is 96.5 Å². The molecule has 2 unspecified atom stereocenters. The second-order valence-corrected chi connectivity index (χ2v) is 5.43. The van der Waals surface area contributed by atoms with E-state index in [0.29, 0.717) is 0 Å². The van der Waals surface area contributed by atoms with E-state index in [9.17, 15) is 5.11 Å². The van der Waals surface area contributed by atoms with Crippen LogP contribution in [0, 0.1) is 0 Å². The van der Waals surface area contributed by atoms with E-state index in [-0.39, 0.29) is 6.04 Å². The van der Waals surface area contributed by atoms with Crippen LogP contribution in [0.2, 0.25) is 0 Å². The van der Waals surface area contributed by atoms with E-state index >= 15 is 0 Å². The predicted octanol–water partition coefficient (Wildman–Crippen LogP) is 2.47. The molecule has 2 rings (SSSR count). The SMILES string of the molecule is CC1NCCCC1(O)c1cscc1Br. The van der Waals surface area contributed by atoms with Crippen LogP contribution in [-0.2, 0) is 5.60 Å². The van der Waals surface area contributed by atoms with Crippen LogP contribution >= 0.6 is 27.3 Å². The van der Waals surface area contributed by atoms with E-state index in [1.807, 2.05) is 17.7 Å². The molecule has 14 heavy (non-hydrogen) atoms. The number of hydrogen-bond donors (Lipinski definition) is 2. The number of thiophene rings is 1. The third kappa shape index (κ3) is 1.65. The first-order valence-electron chi connectivity index (χ1n) is 4.82. The second kappa shape index (κ2) is 3.93. The molecule has 78 valence electrons. The summed E-state index contributed by atoms with van der Waals surface area (Å²) in [4.78, 5) is 0. The molecule has 0 saturated carbocycles. The van der Waals surface area contributed by atoms with Gasteiger partial charge in [-0.1, -0.05) is 0 Å². The highest BCUT2D eigenvalue weighted by molar-refractivity contribution is 9.10. The lowest BCUT2D eigenvalue weighted by Crippen LogP contribution is -2.50. The van der Waals surface area contributed by atoms with Crippen LogP contribution in [-0.4, -0.2) is 17.7 Å². The highest BCUT2D eigenvalue weighted by Gasteiger charge is 2.39. The smallest absolute Gasteiger partial charge is 0.106 e. The maximum absolute atomic E-state index is 10.6. The number of hydrogen-bond acceptors (Lipinski definition) is 3. The van der Waals surface area contributed by atoms with E-state index in [1.165, 1.54) is 0 Å². The van der Waals surface area contributed by atoms with Crippen LogP contribution in [0.3, 0.4) is 0 Å². The molecule has 0 aliphatic carbocycles. The summed E-state index contributed by atoms with van der Waals surface area (Å²) >= 11 is 5.11. The average Bonchev–Trinajstić information content (AvgIpc) is 2.57. The summed E-state index contributed by atoms with van der Waals surface area (Å²) in [6.45, 7) is 3.05. The van der Waals surface area contributed by atoms with Crippen LogP contribution < -0.4 is 5.32 Å². The van der Waals surface area contributed by atoms with Gasteiger partial charge in [-0.3, -0.25) is 0 Å². The Balaban J connectivity index is 2.34. The molecule has 1 aliphatic heterocycles. The maximum atomic E-state index is 10.6. The van der Waals surface area contributed by atoms with Crippen LogP contribution in [0.25, 0.3) is 0 Å². The van der Waals surface area contributed by atoms with Crippen LogP contribution in [0.5, 0.6) is 0 Å². The predicted molar refractivity (Wildman–Crippen MR) is 62.6 cm³/mol. The second-order valence-electron chi connectivity index (χ2n) is 3.84. The maximum Gasteiger partial charge on any atom is 0.106 e. The molecule has 1 aliphatic rings. The molecule has 2 N–H and O–H groups in total. The number of halogens is 1. The van der Waals surface area contributed by atoms with Crippen LogP contribution in [0.1, 0.15) is 25.3 Å². The number of rotatable bonds is 1. The summed E-state index contributed by atoms with van der Waals surface area (Å²) in [6, 6.07) is 0.127. The fourth-order valence-corrected chi connectivity index (χ4v) is 3.73. The Morgan fingerprint density at radius 2 is 2.43 bits per heavy atom. The van der Waals surface area contributed by atoms with Crippen molar-refractivity contribution in [2.75, 3.05) is 6.54 Å². The summed E-state index contributed by atoms with van der Waals surface area (Å²) in [5.41, 5.74) is 0.332. The lowest BCUT2D eigenvalue weighted by Gasteiger charge is -2.38. The largest absolute Gasteiger partial charge is 0.383 e. The summed E-state index contributed by atoms with van der Waals surface area (Å²) < 4.78 is 1.03. The highest BCUT2D eigenvalue weighted by Crippen LogP contribution is 2.38. The van der Waals surface area contributed by atoms with Crippen molar-refractivity contribution in [3.63, 3.8) is 0 Å². The van der Waals surface area contributed by atoms with Gasteiger partial charge in [0.2, 0.25) is 0 Å². The Bertz CT molecular complexity index is 328. The van der Waals surface area contributed by atoms with Crippen LogP contribution in [0.4, 0.5) is 0 Å². The van der Waals surface area contributed by atoms with Crippen molar-refractivity contribution in [1.29, 1.82) is 0 Å². The molecule has 0 aromatic carbocycles. The molecular weight excluding hydrogens is 262 g/mol. The van der Waals surface area contributed by atoms with Gasteiger partial charge in [-0.25, -0.2) is 0 Å². The molecule has 2 heterocycles. The zero-order valence-electron chi connectivity index (χ0n) is 8.09. The van der Waals surface area contributed by atoms with Gasteiger partial charge in [0.05, 0.1) is 0 Å². The van der Waals surface area contributed by atoms with Gasteiger partial charge in [-0.2, -0.15) is 11.3 Å². The van der Waals surface area contributed by atoms with Gasteiger partial charge in [-0.05, 0) is 47.6 Å². The minimum atomic E-state index is -0.697. The standard InChI is InChI=1S/C10H14BrNOS/c1-7-10(13,3-2-4-12-7)8-5-14-6-9(8)11/h5-7,12-13H,2-4H2,1H3. The lowest BCUT2D eigenvalue weighted by atomic mass is 9.82. The normalized spacial score (nSPS) is 33.2. The van der Waals surface area contributed by atoms with Gasteiger partial charge in [-0.15, -0.1) is 0 Å². The first kappa shape index (κ1) is 10.6. The van der Waals surface area contributed by atoms with Crippen molar-refractivity contribution in [3.8, 4) is 0 Å². The Morgan fingerprint density at radius 3 is 3.00 bits per heavy atom. The molecule has 0 spiro atoms. The third-order valence-electron chi connectivity index (χ3n) is 2.98. The molecule has 2 atom stereocenters. The first-order chi connectivity index (χ1) is 6.64. The molecule has 0 amide bonds.